The molecule has 0 spiro atoms. The van der Waals surface area contributed by atoms with Gasteiger partial charge in [-0.1, -0.05) is 0 Å². The molecule has 0 unspecified atom stereocenters. The molecule has 1 aliphatic rings. The minimum atomic E-state index is -0.936. The molecule has 0 aliphatic heterocycles. The summed E-state index contributed by atoms with van der Waals surface area (Å²) in [4.78, 5) is 35.8. The third kappa shape index (κ3) is 6.10. The van der Waals surface area contributed by atoms with E-state index in [1.165, 1.54) is 0 Å². The van der Waals surface area contributed by atoms with Crippen LogP contribution in [0.2, 0.25) is 0 Å². The van der Waals surface area contributed by atoms with Crippen molar-refractivity contribution in [1.82, 2.24) is 10.6 Å². The maximum atomic E-state index is 13.5. The van der Waals surface area contributed by atoms with Gasteiger partial charge in [0.15, 0.2) is 0 Å². The number of amides is 3. The van der Waals surface area contributed by atoms with Crippen molar-refractivity contribution in [2.45, 2.75) is 31.7 Å². The van der Waals surface area contributed by atoms with E-state index in [-0.39, 0.29) is 36.4 Å². The summed E-state index contributed by atoms with van der Waals surface area (Å²) in [6, 6.07) is 9.59. The van der Waals surface area contributed by atoms with E-state index in [2.05, 4.69) is 16.0 Å². The van der Waals surface area contributed by atoms with Crippen LogP contribution in [0.4, 0.5) is 14.5 Å². The zero-order valence-corrected chi connectivity index (χ0v) is 15.6. The van der Waals surface area contributed by atoms with E-state index in [1.807, 2.05) is 0 Å². The number of rotatable bonds is 8. The minimum Gasteiger partial charge on any atom is -0.352 e. The fourth-order valence-corrected chi connectivity index (χ4v) is 2.64. The highest BCUT2D eigenvalue weighted by atomic mass is 19.1. The largest absolute Gasteiger partial charge is 0.352 e. The Morgan fingerprint density at radius 1 is 0.966 bits per heavy atom. The number of hydrogen-bond acceptors (Lipinski definition) is 3. The SMILES string of the molecule is O=C(CCCNC(=O)c1ccc(F)cc1F)Nc1ccc(C(=O)NC2CC2)cc1. The van der Waals surface area contributed by atoms with Gasteiger partial charge in [0.1, 0.15) is 11.6 Å². The standard InChI is InChI=1S/C21H21F2N3O3/c22-14-5-10-17(18(23)12-14)21(29)24-11-1-2-19(27)25-15-6-3-13(4-7-15)20(28)26-16-8-9-16/h3-7,10,12,16H,1-2,8-9,11H2,(H,24,29)(H,25,27)(H,26,28). The first kappa shape index (κ1) is 20.4. The summed E-state index contributed by atoms with van der Waals surface area (Å²) >= 11 is 0. The summed E-state index contributed by atoms with van der Waals surface area (Å²) in [5.41, 5.74) is 0.850. The van der Waals surface area contributed by atoms with Crippen molar-refractivity contribution in [3.63, 3.8) is 0 Å². The number of carbonyl (C=O) groups is 3. The van der Waals surface area contributed by atoms with Gasteiger partial charge in [0.2, 0.25) is 5.91 Å². The number of benzene rings is 2. The van der Waals surface area contributed by atoms with Crippen LogP contribution in [0.1, 0.15) is 46.4 Å². The smallest absolute Gasteiger partial charge is 0.254 e. The third-order valence-electron chi connectivity index (χ3n) is 4.39. The van der Waals surface area contributed by atoms with Crippen LogP contribution >= 0.6 is 0 Å². The fraction of sp³-hybridized carbons (Fsp3) is 0.286. The summed E-state index contributed by atoms with van der Waals surface area (Å²) in [5.74, 6) is -2.73. The van der Waals surface area contributed by atoms with Crippen LogP contribution in [0.25, 0.3) is 0 Å². The second kappa shape index (κ2) is 9.27. The van der Waals surface area contributed by atoms with E-state index < -0.39 is 17.5 Å². The van der Waals surface area contributed by atoms with E-state index in [4.69, 9.17) is 0 Å². The van der Waals surface area contributed by atoms with E-state index in [0.29, 0.717) is 23.7 Å². The van der Waals surface area contributed by atoms with Crippen molar-refractivity contribution in [3.05, 3.63) is 65.2 Å². The molecule has 0 bridgehead atoms. The average Bonchev–Trinajstić information content (AvgIpc) is 3.49. The first-order valence-electron chi connectivity index (χ1n) is 9.36. The number of halogens is 2. The van der Waals surface area contributed by atoms with Gasteiger partial charge in [-0.3, -0.25) is 14.4 Å². The number of anilines is 1. The van der Waals surface area contributed by atoms with E-state index in [1.54, 1.807) is 24.3 Å². The topological polar surface area (TPSA) is 87.3 Å². The van der Waals surface area contributed by atoms with Crippen molar-refractivity contribution < 1.29 is 23.2 Å². The van der Waals surface area contributed by atoms with Gasteiger partial charge in [-0.05, 0) is 55.7 Å². The lowest BCUT2D eigenvalue weighted by Gasteiger charge is -2.08. The van der Waals surface area contributed by atoms with Gasteiger partial charge < -0.3 is 16.0 Å². The molecule has 8 heteroatoms. The molecule has 0 radical (unpaired) electrons. The first-order chi connectivity index (χ1) is 13.9. The van der Waals surface area contributed by atoms with Gasteiger partial charge in [-0.2, -0.15) is 0 Å². The van der Waals surface area contributed by atoms with Crippen molar-refractivity contribution in [2.75, 3.05) is 11.9 Å². The molecule has 3 amide bonds. The predicted molar refractivity (Wildman–Crippen MR) is 103 cm³/mol. The molecular weight excluding hydrogens is 380 g/mol. The van der Waals surface area contributed by atoms with Crippen LogP contribution in [-0.4, -0.2) is 30.3 Å². The molecule has 0 saturated heterocycles. The van der Waals surface area contributed by atoms with Crippen LogP contribution in [0.5, 0.6) is 0 Å². The lowest BCUT2D eigenvalue weighted by molar-refractivity contribution is -0.116. The normalized spacial score (nSPS) is 12.9. The Bertz CT molecular complexity index is 912. The van der Waals surface area contributed by atoms with Crippen molar-refractivity contribution >= 4 is 23.4 Å². The Kier molecular flexibility index (Phi) is 6.54. The molecule has 3 rings (SSSR count). The Balaban J connectivity index is 1.38. The third-order valence-corrected chi connectivity index (χ3v) is 4.39. The molecule has 6 nitrogen and oxygen atoms in total. The summed E-state index contributed by atoms with van der Waals surface area (Å²) < 4.78 is 26.4. The van der Waals surface area contributed by atoms with Crippen LogP contribution in [0, 0.1) is 11.6 Å². The molecule has 3 N–H and O–H groups in total. The van der Waals surface area contributed by atoms with E-state index >= 15 is 0 Å². The molecule has 0 atom stereocenters. The molecule has 29 heavy (non-hydrogen) atoms. The molecule has 2 aromatic rings. The Hall–Kier alpha value is -3.29. The highest BCUT2D eigenvalue weighted by Crippen LogP contribution is 2.19. The zero-order chi connectivity index (χ0) is 20.8. The maximum absolute atomic E-state index is 13.5. The van der Waals surface area contributed by atoms with E-state index in [9.17, 15) is 23.2 Å². The number of carbonyl (C=O) groups excluding carboxylic acids is 3. The lowest BCUT2D eigenvalue weighted by Crippen LogP contribution is -2.26. The van der Waals surface area contributed by atoms with Crippen LogP contribution < -0.4 is 16.0 Å². The van der Waals surface area contributed by atoms with Crippen LogP contribution in [0.15, 0.2) is 42.5 Å². The minimum absolute atomic E-state index is 0.126. The lowest BCUT2D eigenvalue weighted by atomic mass is 10.2. The van der Waals surface area contributed by atoms with Gasteiger partial charge >= 0.3 is 0 Å². The molecule has 1 aliphatic carbocycles. The summed E-state index contributed by atoms with van der Waals surface area (Å²) in [6.45, 7) is 0.170. The Morgan fingerprint density at radius 2 is 1.69 bits per heavy atom. The highest BCUT2D eigenvalue weighted by molar-refractivity contribution is 5.96. The monoisotopic (exact) mass is 401 g/mol. The second-order valence-corrected chi connectivity index (χ2v) is 6.86. The van der Waals surface area contributed by atoms with Gasteiger partial charge in [-0.15, -0.1) is 0 Å². The predicted octanol–water partition coefficient (Wildman–Crippen LogP) is 3.01. The Morgan fingerprint density at radius 3 is 2.34 bits per heavy atom. The summed E-state index contributed by atoms with van der Waals surface area (Å²) in [5, 5.41) is 8.09. The number of nitrogens with one attached hydrogen (secondary N) is 3. The molecule has 0 aromatic heterocycles. The van der Waals surface area contributed by atoms with E-state index in [0.717, 1.165) is 25.0 Å². The van der Waals surface area contributed by atoms with Gasteiger partial charge in [0.05, 0.1) is 5.56 Å². The Labute approximate surface area is 166 Å². The molecule has 1 saturated carbocycles. The van der Waals surface area contributed by atoms with Crippen LogP contribution in [0.3, 0.4) is 0 Å². The quantitative estimate of drug-likeness (QED) is 0.595. The maximum Gasteiger partial charge on any atom is 0.254 e. The summed E-state index contributed by atoms with van der Waals surface area (Å²) in [7, 11) is 0. The molecular formula is C21H21F2N3O3. The fourth-order valence-electron chi connectivity index (χ4n) is 2.64. The van der Waals surface area contributed by atoms with Crippen molar-refractivity contribution in [2.24, 2.45) is 0 Å². The summed E-state index contributed by atoms with van der Waals surface area (Å²) in [6.07, 6.45) is 2.52. The molecule has 2 aromatic carbocycles. The average molecular weight is 401 g/mol. The van der Waals surface area contributed by atoms with Crippen molar-refractivity contribution in [3.8, 4) is 0 Å². The van der Waals surface area contributed by atoms with Gasteiger partial charge in [0.25, 0.3) is 11.8 Å². The highest BCUT2D eigenvalue weighted by Gasteiger charge is 2.23. The first-order valence-corrected chi connectivity index (χ1v) is 9.36. The van der Waals surface area contributed by atoms with Gasteiger partial charge in [0, 0.05) is 36.3 Å². The van der Waals surface area contributed by atoms with Crippen LogP contribution in [-0.2, 0) is 4.79 Å². The number of hydrogen-bond donors (Lipinski definition) is 3. The van der Waals surface area contributed by atoms with Crippen molar-refractivity contribution in [1.29, 1.82) is 0 Å². The second-order valence-electron chi connectivity index (χ2n) is 6.86. The molecule has 152 valence electrons. The molecule has 0 heterocycles. The molecule has 1 fully saturated rings. The zero-order valence-electron chi connectivity index (χ0n) is 15.6. The van der Waals surface area contributed by atoms with Gasteiger partial charge in [-0.25, -0.2) is 8.78 Å².